The molecule has 2 rings (SSSR count). The first kappa shape index (κ1) is 15.3. The molecule has 1 fully saturated rings. The Morgan fingerprint density at radius 2 is 2.19 bits per heavy atom. The second kappa shape index (κ2) is 6.15. The van der Waals surface area contributed by atoms with Crippen LogP contribution in [0.15, 0.2) is 6.20 Å². The third-order valence-electron chi connectivity index (χ3n) is 3.97. The first-order valence-electron chi connectivity index (χ1n) is 7.19. The number of rotatable bonds is 4. The Kier molecular flexibility index (Phi) is 4.50. The number of likely N-dealkylation sites (tertiary alicyclic amines) is 1. The molecule has 1 aliphatic rings. The summed E-state index contributed by atoms with van der Waals surface area (Å²) in [6, 6.07) is -0.212. The average Bonchev–Trinajstić information content (AvgIpc) is 2.98. The standard InChI is InChI=1S/C14H22N4O3/c1-4-12-10(7-17(3)16-12)5-15-14(21)18-6-9(2)11(8-18)13(19)20/h7,9,11H,4-6,8H2,1-3H3,(H,15,21)(H,19,20)/t9-,11-/m1/s1. The zero-order valence-electron chi connectivity index (χ0n) is 12.7. The maximum Gasteiger partial charge on any atom is 0.317 e. The largest absolute Gasteiger partial charge is 0.481 e. The number of aromatic nitrogens is 2. The van der Waals surface area contributed by atoms with Crippen LogP contribution < -0.4 is 5.32 Å². The molecule has 0 aromatic carbocycles. The molecule has 116 valence electrons. The molecule has 2 N–H and O–H groups in total. The monoisotopic (exact) mass is 294 g/mol. The number of carbonyl (C=O) groups is 2. The normalized spacial score (nSPS) is 21.6. The fraction of sp³-hybridized carbons (Fsp3) is 0.643. The molecule has 0 aliphatic carbocycles. The van der Waals surface area contributed by atoms with Gasteiger partial charge in [-0.15, -0.1) is 0 Å². The summed E-state index contributed by atoms with van der Waals surface area (Å²) in [4.78, 5) is 24.8. The molecule has 2 heterocycles. The lowest BCUT2D eigenvalue weighted by Gasteiger charge is -2.16. The summed E-state index contributed by atoms with van der Waals surface area (Å²) >= 11 is 0. The van der Waals surface area contributed by atoms with Crippen LogP contribution in [0.1, 0.15) is 25.1 Å². The maximum atomic E-state index is 12.1. The van der Waals surface area contributed by atoms with Crippen molar-refractivity contribution in [2.24, 2.45) is 18.9 Å². The van der Waals surface area contributed by atoms with Crippen molar-refractivity contribution in [3.8, 4) is 0 Å². The van der Waals surface area contributed by atoms with E-state index in [-0.39, 0.29) is 18.5 Å². The average molecular weight is 294 g/mol. The second-order valence-corrected chi connectivity index (χ2v) is 5.61. The lowest BCUT2D eigenvalue weighted by atomic mass is 9.99. The van der Waals surface area contributed by atoms with Crippen LogP contribution in [-0.2, 0) is 24.8 Å². The van der Waals surface area contributed by atoms with Gasteiger partial charge in [-0.05, 0) is 12.3 Å². The van der Waals surface area contributed by atoms with Gasteiger partial charge in [-0.1, -0.05) is 13.8 Å². The van der Waals surface area contributed by atoms with E-state index in [0.29, 0.717) is 13.1 Å². The number of nitrogens with zero attached hydrogens (tertiary/aromatic N) is 3. The van der Waals surface area contributed by atoms with Crippen LogP contribution in [0.5, 0.6) is 0 Å². The molecule has 1 aromatic heterocycles. The van der Waals surface area contributed by atoms with Crippen LogP contribution in [0.3, 0.4) is 0 Å². The van der Waals surface area contributed by atoms with Gasteiger partial charge in [0.05, 0.1) is 11.6 Å². The van der Waals surface area contributed by atoms with Crippen LogP contribution in [0.4, 0.5) is 4.79 Å². The Morgan fingerprint density at radius 1 is 1.48 bits per heavy atom. The van der Waals surface area contributed by atoms with Crippen molar-refractivity contribution in [2.45, 2.75) is 26.8 Å². The molecule has 21 heavy (non-hydrogen) atoms. The molecule has 7 nitrogen and oxygen atoms in total. The molecule has 0 radical (unpaired) electrons. The van der Waals surface area contributed by atoms with Crippen molar-refractivity contribution >= 4 is 12.0 Å². The van der Waals surface area contributed by atoms with Crippen molar-refractivity contribution < 1.29 is 14.7 Å². The molecule has 1 aliphatic heterocycles. The van der Waals surface area contributed by atoms with Crippen molar-refractivity contribution in [1.82, 2.24) is 20.0 Å². The number of amides is 2. The van der Waals surface area contributed by atoms with Gasteiger partial charge >= 0.3 is 12.0 Å². The van der Waals surface area contributed by atoms with Gasteiger partial charge in [-0.3, -0.25) is 9.48 Å². The number of urea groups is 1. The number of hydrogen-bond acceptors (Lipinski definition) is 3. The highest BCUT2D eigenvalue weighted by molar-refractivity contribution is 5.77. The molecule has 7 heteroatoms. The Bertz CT molecular complexity index is 540. The predicted octanol–water partition coefficient (Wildman–Crippen LogP) is 0.845. The summed E-state index contributed by atoms with van der Waals surface area (Å²) in [6.07, 6.45) is 2.71. The highest BCUT2D eigenvalue weighted by Crippen LogP contribution is 2.23. The number of aryl methyl sites for hydroxylation is 2. The number of carbonyl (C=O) groups excluding carboxylic acids is 1. The molecule has 1 saturated heterocycles. The van der Waals surface area contributed by atoms with Crippen LogP contribution in [-0.4, -0.2) is 44.9 Å². The molecular weight excluding hydrogens is 272 g/mol. The Morgan fingerprint density at radius 3 is 2.76 bits per heavy atom. The van der Waals surface area contributed by atoms with Gasteiger partial charge in [0, 0.05) is 38.4 Å². The summed E-state index contributed by atoms with van der Waals surface area (Å²) in [6.45, 7) is 5.06. The molecular formula is C14H22N4O3. The summed E-state index contributed by atoms with van der Waals surface area (Å²) in [5, 5.41) is 16.3. The lowest BCUT2D eigenvalue weighted by molar-refractivity contribution is -0.142. The fourth-order valence-electron chi connectivity index (χ4n) is 2.77. The highest BCUT2D eigenvalue weighted by atomic mass is 16.4. The van der Waals surface area contributed by atoms with Gasteiger partial charge in [0.1, 0.15) is 0 Å². The maximum absolute atomic E-state index is 12.1. The summed E-state index contributed by atoms with van der Waals surface area (Å²) < 4.78 is 1.73. The van der Waals surface area contributed by atoms with Crippen molar-refractivity contribution in [3.05, 3.63) is 17.5 Å². The predicted molar refractivity (Wildman–Crippen MR) is 76.7 cm³/mol. The quantitative estimate of drug-likeness (QED) is 0.861. The van der Waals surface area contributed by atoms with Crippen molar-refractivity contribution in [3.63, 3.8) is 0 Å². The SMILES string of the molecule is CCc1nn(C)cc1CNC(=O)N1C[C@@H](C)[C@H](C(=O)O)C1. The summed E-state index contributed by atoms with van der Waals surface area (Å²) in [5.41, 5.74) is 1.96. The van der Waals surface area contributed by atoms with E-state index in [4.69, 9.17) is 5.11 Å². The third kappa shape index (κ3) is 3.34. The first-order valence-corrected chi connectivity index (χ1v) is 7.19. The van der Waals surface area contributed by atoms with Crippen LogP contribution >= 0.6 is 0 Å². The highest BCUT2D eigenvalue weighted by Gasteiger charge is 2.36. The molecule has 0 saturated carbocycles. The third-order valence-corrected chi connectivity index (χ3v) is 3.97. The van der Waals surface area contributed by atoms with E-state index in [1.54, 1.807) is 9.58 Å². The number of nitrogens with one attached hydrogen (secondary N) is 1. The number of hydrogen-bond donors (Lipinski definition) is 2. The Labute approximate surface area is 123 Å². The molecule has 1 aromatic rings. The van der Waals surface area contributed by atoms with E-state index in [0.717, 1.165) is 17.7 Å². The van der Waals surface area contributed by atoms with Gasteiger partial charge in [0.25, 0.3) is 0 Å². The fourth-order valence-corrected chi connectivity index (χ4v) is 2.77. The van der Waals surface area contributed by atoms with Gasteiger partial charge in [0.15, 0.2) is 0 Å². The van der Waals surface area contributed by atoms with Crippen LogP contribution in [0.25, 0.3) is 0 Å². The molecule has 0 bridgehead atoms. The minimum absolute atomic E-state index is 0.0159. The van der Waals surface area contributed by atoms with E-state index in [1.807, 2.05) is 27.1 Å². The minimum Gasteiger partial charge on any atom is -0.481 e. The number of carboxylic acid groups (broad SMARTS) is 1. The molecule has 0 unspecified atom stereocenters. The van der Waals surface area contributed by atoms with E-state index in [2.05, 4.69) is 10.4 Å². The van der Waals surface area contributed by atoms with Gasteiger partial charge in [-0.2, -0.15) is 5.10 Å². The van der Waals surface area contributed by atoms with E-state index in [9.17, 15) is 9.59 Å². The van der Waals surface area contributed by atoms with Gasteiger partial charge < -0.3 is 15.3 Å². The molecule has 2 atom stereocenters. The summed E-state index contributed by atoms with van der Waals surface area (Å²) in [7, 11) is 1.85. The topological polar surface area (TPSA) is 87.5 Å². The van der Waals surface area contributed by atoms with Crippen LogP contribution in [0, 0.1) is 11.8 Å². The lowest BCUT2D eigenvalue weighted by Crippen LogP contribution is -2.38. The zero-order chi connectivity index (χ0) is 15.6. The van der Waals surface area contributed by atoms with E-state index in [1.165, 1.54) is 0 Å². The second-order valence-electron chi connectivity index (χ2n) is 5.61. The van der Waals surface area contributed by atoms with Gasteiger partial charge in [0.2, 0.25) is 0 Å². The van der Waals surface area contributed by atoms with E-state index >= 15 is 0 Å². The van der Waals surface area contributed by atoms with Gasteiger partial charge in [-0.25, -0.2) is 4.79 Å². The summed E-state index contributed by atoms with van der Waals surface area (Å²) in [5.74, 6) is -1.32. The molecule has 2 amide bonds. The number of carboxylic acids is 1. The smallest absolute Gasteiger partial charge is 0.317 e. The van der Waals surface area contributed by atoms with Crippen LogP contribution in [0.2, 0.25) is 0 Å². The molecule has 0 spiro atoms. The van der Waals surface area contributed by atoms with Crippen molar-refractivity contribution in [1.29, 1.82) is 0 Å². The number of aliphatic carboxylic acids is 1. The Hall–Kier alpha value is -2.05. The van der Waals surface area contributed by atoms with E-state index < -0.39 is 11.9 Å². The van der Waals surface area contributed by atoms with Crippen molar-refractivity contribution in [2.75, 3.05) is 13.1 Å². The minimum atomic E-state index is -0.835. The first-order chi connectivity index (χ1) is 9.92. The Balaban J connectivity index is 1.92. The zero-order valence-corrected chi connectivity index (χ0v) is 12.7.